The molecule has 0 atom stereocenters. The number of pyridine rings is 4. The SMILES string of the molecule is CC(=O)Nc1nc2ncn(C(C)(C)C)c(=O)c2n1C.CC(C)(C)n1cnc2nc(N)ccc2c1=O.CC(C)(C)n1ncc2ncccc2c1=O.Cc1cc(N)nc2ncn(C(C)(C)C)c(=O)c12.Cn1c(=O)c2c(ncn2C(C)(C)C)n(C)c1=O.Cn1c(=O)ccc2ncn(C(C)(C)C)c(=O)c21.Cn1ncc2ncn(C(C)(C)C)c(=O)c21. The lowest BCUT2D eigenvalue weighted by Crippen LogP contribution is -2.38. The summed E-state index contributed by atoms with van der Waals surface area (Å²) in [6.07, 6.45) is 14.1. The molecule has 14 heterocycles. The first-order valence-electron chi connectivity index (χ1n) is 36.9. The Morgan fingerprint density at radius 3 is 1.41 bits per heavy atom. The van der Waals surface area contributed by atoms with Gasteiger partial charge in [-0.25, -0.2) is 49.3 Å². The van der Waals surface area contributed by atoms with Crippen molar-refractivity contribution in [2.45, 2.75) is 198 Å². The van der Waals surface area contributed by atoms with E-state index >= 15 is 0 Å². The van der Waals surface area contributed by atoms with Gasteiger partial charge in [0.2, 0.25) is 11.9 Å². The van der Waals surface area contributed by atoms with Crippen LogP contribution in [0.25, 0.3) is 77.4 Å². The van der Waals surface area contributed by atoms with Crippen LogP contribution in [0.1, 0.15) is 158 Å². The van der Waals surface area contributed by atoms with Crippen LogP contribution in [0, 0.1) is 6.92 Å². The summed E-state index contributed by atoms with van der Waals surface area (Å²) >= 11 is 0. The second-order valence-electron chi connectivity index (χ2n) is 34.6. The van der Waals surface area contributed by atoms with Crippen molar-refractivity contribution in [3.8, 4) is 0 Å². The highest BCUT2D eigenvalue weighted by Crippen LogP contribution is 2.22. The van der Waals surface area contributed by atoms with Crippen LogP contribution in [0.15, 0.2) is 142 Å². The van der Waals surface area contributed by atoms with Crippen molar-refractivity contribution < 1.29 is 4.79 Å². The van der Waals surface area contributed by atoms with Gasteiger partial charge in [0.15, 0.2) is 39.1 Å². The zero-order chi connectivity index (χ0) is 87.1. The van der Waals surface area contributed by atoms with E-state index in [1.54, 1.807) is 128 Å². The number of nitrogens with one attached hydrogen (secondary N) is 1. The number of imidazole rings is 2. The Balaban J connectivity index is 0.000000169. The molecule has 37 heteroatoms. The molecule has 0 bridgehead atoms. The molecule has 0 aliphatic rings. The fourth-order valence-electron chi connectivity index (χ4n) is 11.7. The van der Waals surface area contributed by atoms with E-state index in [4.69, 9.17) is 11.5 Å². The van der Waals surface area contributed by atoms with Gasteiger partial charge in [0.1, 0.15) is 41.7 Å². The number of nitrogens with zero attached hydrogens (tertiary/aromatic N) is 24. The van der Waals surface area contributed by atoms with Gasteiger partial charge in [-0.05, 0) is 194 Å². The van der Waals surface area contributed by atoms with Crippen LogP contribution in [0.5, 0.6) is 0 Å². The molecule has 37 nitrogen and oxygen atoms in total. The standard InChI is InChI=1S/C12H17N5O2.C12H16N4O.C12H15N3O2.C11H16N4O2.C11H14N4O.C11H13N3O.C10H14N4O/c1-7(18)14-11-15-9-8(16(11)5)10(19)17(6-13-9)12(2,3)4;1-7-5-8(13)15-10-9(7)11(17)16(6-14-10)12(2,3)4;1-12(2,3)15-7-13-8-5-6-9(16)14(4)10(8)11(15)17;1-11(2,3)15-6-12-8-7(15)9(16)14(5)10(17)13(8)4;1-11(2,3)15-6-13-9-7(10(15)16)4-5-8(12)14-9;1-11(2,3)14-10(15)8-5-4-6-12-9(8)7-13-14;1-10(2,3)14-6-11-7-5-12-13(4)8(7)9(14)15/h6H,1-5H3,(H,14,15,18);5-6H,1-4H3,(H2,13,15);5-7H,1-4H3;6H,1-5H3;4-6H,1-3H3,(H2,12,14);4-7H,1-3H3;5-6H,1-4H3. The van der Waals surface area contributed by atoms with E-state index in [1.807, 2.05) is 152 Å². The van der Waals surface area contributed by atoms with E-state index in [0.29, 0.717) is 94.9 Å². The van der Waals surface area contributed by atoms with Gasteiger partial charge in [0.25, 0.3) is 44.5 Å². The van der Waals surface area contributed by atoms with E-state index in [-0.39, 0.29) is 94.8 Å². The second-order valence-corrected chi connectivity index (χ2v) is 34.6. The van der Waals surface area contributed by atoms with Gasteiger partial charge in [-0.2, -0.15) is 15.2 Å². The third-order valence-electron chi connectivity index (χ3n) is 18.0. The lowest BCUT2D eigenvalue weighted by molar-refractivity contribution is -0.114. The number of nitrogen functional groups attached to an aromatic ring is 2. The van der Waals surface area contributed by atoms with Crippen LogP contribution in [-0.2, 0) is 78.8 Å². The molecule has 0 unspecified atom stereocenters. The Labute approximate surface area is 665 Å². The molecule has 14 aromatic rings. The number of amides is 1. The maximum Gasteiger partial charge on any atom is 0.332 e. The van der Waals surface area contributed by atoms with Gasteiger partial charge in [-0.1, -0.05) is 0 Å². The Bertz CT molecular complexity index is 6690. The summed E-state index contributed by atoms with van der Waals surface area (Å²) in [5.41, 5.74) is 13.4. The number of fused-ring (bicyclic) bond motifs is 7. The molecule has 616 valence electrons. The summed E-state index contributed by atoms with van der Waals surface area (Å²) in [5.74, 6) is 0.830. The number of anilines is 3. The molecule has 5 N–H and O–H groups in total. The normalized spacial score (nSPS) is 12.0. The van der Waals surface area contributed by atoms with Crippen molar-refractivity contribution in [3.05, 3.63) is 198 Å². The lowest BCUT2D eigenvalue weighted by Gasteiger charge is -2.22. The van der Waals surface area contributed by atoms with E-state index in [0.717, 1.165) is 10.1 Å². The number of hydrogen-bond acceptors (Lipinski definition) is 24. The molecular weight excluding hydrogens is 1490 g/mol. The summed E-state index contributed by atoms with van der Waals surface area (Å²) in [6.45, 7) is 44.2. The molecule has 0 spiro atoms. The van der Waals surface area contributed by atoms with Crippen molar-refractivity contribution in [2.75, 3.05) is 16.8 Å². The van der Waals surface area contributed by atoms with Crippen molar-refractivity contribution >= 4 is 101 Å². The Kier molecular flexibility index (Phi) is 25.0. The first-order chi connectivity index (χ1) is 53.4. The zero-order valence-electron chi connectivity index (χ0n) is 71.2. The van der Waals surface area contributed by atoms with Crippen molar-refractivity contribution in [3.63, 3.8) is 0 Å². The summed E-state index contributed by atoms with van der Waals surface area (Å²) in [7, 11) is 8.10. The molecule has 0 aromatic carbocycles. The largest absolute Gasteiger partial charge is 0.384 e. The second kappa shape index (κ2) is 32.8. The molecule has 0 saturated heterocycles. The Morgan fingerprint density at radius 2 is 0.862 bits per heavy atom. The van der Waals surface area contributed by atoms with E-state index in [1.165, 1.54) is 63.7 Å². The van der Waals surface area contributed by atoms with Crippen LogP contribution in [0.2, 0.25) is 0 Å². The molecule has 0 fully saturated rings. The van der Waals surface area contributed by atoms with Gasteiger partial charge in [-0.15, -0.1) is 0 Å². The Morgan fingerprint density at radius 1 is 0.388 bits per heavy atom. The minimum atomic E-state index is -0.364. The number of hydrogen-bond donors (Lipinski definition) is 3. The average molecular weight is 1590 g/mol. The number of nitrogens with two attached hydrogens (primary N) is 2. The predicted molar refractivity (Wildman–Crippen MR) is 451 cm³/mol. The average Bonchev–Trinajstić information content (AvgIpc) is 1.51. The molecule has 14 aromatic heterocycles. The summed E-state index contributed by atoms with van der Waals surface area (Å²) in [5, 5.41) is 12.4. The van der Waals surface area contributed by atoms with Crippen molar-refractivity contribution in [2.24, 2.45) is 35.2 Å². The minimum Gasteiger partial charge on any atom is -0.384 e. The third kappa shape index (κ3) is 19.0. The highest BCUT2D eigenvalue weighted by atomic mass is 16.2. The molecule has 14 rings (SSSR count). The first kappa shape index (κ1) is 88.4. The molecule has 1 amide bonds. The zero-order valence-corrected chi connectivity index (χ0v) is 71.2. The maximum atomic E-state index is 12.4. The van der Waals surface area contributed by atoms with Gasteiger partial charge in [0, 0.05) is 87.7 Å². The van der Waals surface area contributed by atoms with Gasteiger partial charge >= 0.3 is 5.69 Å². The summed E-state index contributed by atoms with van der Waals surface area (Å²) < 4.78 is 18.1. The molecule has 0 aliphatic heterocycles. The van der Waals surface area contributed by atoms with Crippen LogP contribution in [-0.4, -0.2) is 121 Å². The minimum absolute atomic E-state index is 0.0486. The highest BCUT2D eigenvalue weighted by Gasteiger charge is 2.26. The number of rotatable bonds is 1. The van der Waals surface area contributed by atoms with Crippen LogP contribution < -0.4 is 66.9 Å². The summed E-state index contributed by atoms with van der Waals surface area (Å²) in [4.78, 5) is 161. The van der Waals surface area contributed by atoms with E-state index in [2.05, 4.69) is 65.4 Å². The number of aromatic nitrogens is 24. The maximum absolute atomic E-state index is 12.4. The van der Waals surface area contributed by atoms with E-state index in [9.17, 15) is 47.9 Å². The molecule has 0 saturated carbocycles. The molecule has 116 heavy (non-hydrogen) atoms. The smallest absolute Gasteiger partial charge is 0.332 e. The van der Waals surface area contributed by atoms with Crippen LogP contribution >= 0.6 is 0 Å². The van der Waals surface area contributed by atoms with E-state index < -0.39 is 0 Å². The predicted octanol–water partition coefficient (Wildman–Crippen LogP) is 6.88. The third-order valence-corrected chi connectivity index (χ3v) is 18.0. The monoisotopic (exact) mass is 1590 g/mol. The number of aryl methyl sites for hydroxylation is 5. The lowest BCUT2D eigenvalue weighted by atomic mass is 10.1. The number of carbonyl (C=O) groups is 1. The van der Waals surface area contributed by atoms with Crippen LogP contribution in [0.4, 0.5) is 17.6 Å². The van der Waals surface area contributed by atoms with Crippen molar-refractivity contribution in [1.82, 2.24) is 115 Å². The molecule has 0 aliphatic carbocycles. The van der Waals surface area contributed by atoms with Crippen molar-refractivity contribution in [1.29, 1.82) is 0 Å². The molecule has 0 radical (unpaired) electrons. The fourth-order valence-corrected chi connectivity index (χ4v) is 11.7. The highest BCUT2D eigenvalue weighted by molar-refractivity contribution is 5.89. The fraction of sp³-hybridized carbons (Fsp3) is 0.443. The van der Waals surface area contributed by atoms with Crippen LogP contribution in [0.3, 0.4) is 0 Å². The molecular formula is C79H105N27O10. The summed E-state index contributed by atoms with van der Waals surface area (Å²) in [6, 6.07) is 11.5. The topological polar surface area (TPSA) is 449 Å². The van der Waals surface area contributed by atoms with Gasteiger partial charge in [-0.3, -0.25) is 90.1 Å². The number of carbonyl (C=O) groups excluding carboxylic acids is 1. The van der Waals surface area contributed by atoms with Gasteiger partial charge in [0.05, 0.1) is 64.1 Å². The first-order valence-corrected chi connectivity index (χ1v) is 36.9. The Hall–Kier alpha value is -13.1. The quantitative estimate of drug-likeness (QED) is 0.151. The van der Waals surface area contributed by atoms with Gasteiger partial charge < -0.3 is 25.2 Å².